The lowest BCUT2D eigenvalue weighted by Crippen LogP contribution is -2.41. The molecule has 1 aliphatic heterocycles. The molecule has 2 N–H and O–H groups in total. The number of nitrogens with zero attached hydrogens (tertiary/aromatic N) is 2. The maximum atomic E-state index is 14.1. The van der Waals surface area contributed by atoms with Gasteiger partial charge in [-0.2, -0.15) is 8.78 Å². The Bertz CT molecular complexity index is 1030. The lowest BCUT2D eigenvalue weighted by atomic mass is 9.82. The molecular formula is C20H15F4N3O2. The molecule has 0 fully saturated rings. The number of halogens is 4. The smallest absolute Gasteiger partial charge is 0.387 e. The van der Waals surface area contributed by atoms with Crippen LogP contribution < -0.4 is 10.5 Å². The third kappa shape index (κ3) is 3.61. The van der Waals surface area contributed by atoms with Crippen LogP contribution >= 0.6 is 0 Å². The molecule has 0 bridgehead atoms. The molecule has 0 radical (unpaired) electrons. The Morgan fingerprint density at radius 1 is 1.21 bits per heavy atom. The number of benzene rings is 2. The zero-order valence-electron chi connectivity index (χ0n) is 15.1. The maximum absolute atomic E-state index is 14.1. The summed E-state index contributed by atoms with van der Waals surface area (Å²) < 4.78 is 55.6. The average molecular weight is 405 g/mol. The third-order valence-corrected chi connectivity index (χ3v) is 4.41. The molecule has 5 nitrogen and oxygen atoms in total. The van der Waals surface area contributed by atoms with Gasteiger partial charge in [0.05, 0.1) is 5.56 Å². The van der Waals surface area contributed by atoms with Crippen LogP contribution in [-0.2, 0) is 10.3 Å². The van der Waals surface area contributed by atoms with Crippen molar-refractivity contribution in [2.24, 2.45) is 10.7 Å². The number of rotatable bonds is 4. The SMILES string of the molecule is CN1C(=O)[C@](c2ccc(OC(F)F)cc2)(c2ccc(F)c(C#CCF)c2)N=C1N. The van der Waals surface area contributed by atoms with Gasteiger partial charge in [-0.15, -0.1) is 0 Å². The highest BCUT2D eigenvalue weighted by molar-refractivity contribution is 6.08. The number of aliphatic imine (C=N–C) groups is 1. The molecule has 0 saturated heterocycles. The second kappa shape index (κ2) is 7.83. The minimum atomic E-state index is -3.00. The van der Waals surface area contributed by atoms with Gasteiger partial charge in [0, 0.05) is 7.05 Å². The van der Waals surface area contributed by atoms with E-state index >= 15 is 0 Å². The van der Waals surface area contributed by atoms with Gasteiger partial charge in [0.15, 0.2) is 18.2 Å². The first kappa shape index (κ1) is 20.2. The van der Waals surface area contributed by atoms with Crippen LogP contribution in [0.4, 0.5) is 17.6 Å². The third-order valence-electron chi connectivity index (χ3n) is 4.41. The molecule has 0 unspecified atom stereocenters. The van der Waals surface area contributed by atoms with E-state index in [1.54, 1.807) is 0 Å². The Morgan fingerprint density at radius 3 is 2.41 bits per heavy atom. The second-order valence-electron chi connectivity index (χ2n) is 6.08. The molecule has 1 amide bonds. The summed E-state index contributed by atoms with van der Waals surface area (Å²) in [6.07, 6.45) is 0. The number of likely N-dealkylation sites (N-methyl/N-ethyl adjacent to an activating group) is 1. The van der Waals surface area contributed by atoms with Gasteiger partial charge in [-0.3, -0.25) is 9.69 Å². The average Bonchev–Trinajstić information content (AvgIpc) is 2.92. The van der Waals surface area contributed by atoms with Gasteiger partial charge in [0.1, 0.15) is 11.6 Å². The van der Waals surface area contributed by atoms with E-state index in [1.165, 1.54) is 43.4 Å². The standard InChI is InChI=1S/C20H15F4N3O2/c1-27-17(28)20(26-19(27)25,13-4-7-15(8-5-13)29-18(23)24)14-6-9-16(22)12(11-14)3-2-10-21/h4-9,11,18H,10H2,1H3,(H2,25,26)/t20-/m0/s1. The van der Waals surface area contributed by atoms with E-state index in [9.17, 15) is 22.4 Å². The van der Waals surface area contributed by atoms with Crippen molar-refractivity contribution in [1.29, 1.82) is 0 Å². The molecule has 0 saturated carbocycles. The van der Waals surface area contributed by atoms with Crippen molar-refractivity contribution in [2.75, 3.05) is 13.7 Å². The van der Waals surface area contributed by atoms with E-state index < -0.39 is 30.5 Å². The number of carbonyl (C=O) groups is 1. The molecule has 2 aromatic rings. The van der Waals surface area contributed by atoms with Gasteiger partial charge in [-0.25, -0.2) is 13.8 Å². The van der Waals surface area contributed by atoms with Crippen LogP contribution in [-0.4, -0.2) is 37.1 Å². The molecule has 0 aliphatic carbocycles. The summed E-state index contributed by atoms with van der Waals surface area (Å²) in [6, 6.07) is 9.01. The zero-order chi connectivity index (χ0) is 21.2. The fourth-order valence-corrected chi connectivity index (χ4v) is 3.04. The van der Waals surface area contributed by atoms with Crippen LogP contribution in [0.1, 0.15) is 16.7 Å². The van der Waals surface area contributed by atoms with Gasteiger partial charge < -0.3 is 10.5 Å². The number of hydrogen-bond acceptors (Lipinski definition) is 4. The Balaban J connectivity index is 2.18. The summed E-state index contributed by atoms with van der Waals surface area (Å²) in [6.45, 7) is -3.97. The highest BCUT2D eigenvalue weighted by atomic mass is 19.3. The minimum Gasteiger partial charge on any atom is -0.435 e. The van der Waals surface area contributed by atoms with E-state index in [1.807, 2.05) is 0 Å². The molecule has 150 valence electrons. The summed E-state index contributed by atoms with van der Waals surface area (Å²) in [5.41, 5.74) is 4.58. The molecule has 0 aromatic heterocycles. The first-order valence-corrected chi connectivity index (χ1v) is 8.33. The van der Waals surface area contributed by atoms with Crippen molar-refractivity contribution in [3.05, 3.63) is 65.0 Å². The molecule has 1 atom stereocenters. The fraction of sp³-hybridized carbons (Fsp3) is 0.200. The molecule has 2 aromatic carbocycles. The summed E-state index contributed by atoms with van der Waals surface area (Å²) in [4.78, 5) is 18.5. The lowest BCUT2D eigenvalue weighted by Gasteiger charge is -2.26. The van der Waals surface area contributed by atoms with Crippen LogP contribution in [0.5, 0.6) is 5.75 Å². The number of alkyl halides is 3. The van der Waals surface area contributed by atoms with E-state index in [0.717, 1.165) is 11.0 Å². The maximum Gasteiger partial charge on any atom is 0.387 e. The van der Waals surface area contributed by atoms with Crippen molar-refractivity contribution >= 4 is 11.9 Å². The number of guanidine groups is 1. The number of ether oxygens (including phenoxy) is 1. The van der Waals surface area contributed by atoms with Crippen molar-refractivity contribution in [3.8, 4) is 17.6 Å². The van der Waals surface area contributed by atoms with Crippen LogP contribution in [0.25, 0.3) is 0 Å². The van der Waals surface area contributed by atoms with Crippen molar-refractivity contribution in [2.45, 2.75) is 12.2 Å². The molecule has 0 spiro atoms. The van der Waals surface area contributed by atoms with E-state index in [4.69, 9.17) is 5.73 Å². The molecule has 29 heavy (non-hydrogen) atoms. The summed E-state index contributed by atoms with van der Waals surface area (Å²) >= 11 is 0. The van der Waals surface area contributed by atoms with Gasteiger partial charge in [-0.05, 0) is 35.4 Å². The highest BCUT2D eigenvalue weighted by Gasteiger charge is 2.49. The molecule has 1 heterocycles. The van der Waals surface area contributed by atoms with Crippen LogP contribution in [0.15, 0.2) is 47.5 Å². The van der Waals surface area contributed by atoms with Crippen molar-refractivity contribution in [1.82, 2.24) is 4.90 Å². The number of amides is 1. The van der Waals surface area contributed by atoms with Crippen molar-refractivity contribution < 1.29 is 27.1 Å². The van der Waals surface area contributed by atoms with E-state index in [-0.39, 0.29) is 22.8 Å². The first-order chi connectivity index (χ1) is 13.8. The van der Waals surface area contributed by atoms with Crippen molar-refractivity contribution in [3.63, 3.8) is 0 Å². The molecule has 3 rings (SSSR count). The minimum absolute atomic E-state index is 0.0800. The van der Waals surface area contributed by atoms with Gasteiger partial charge >= 0.3 is 6.61 Å². The molecule has 9 heteroatoms. The highest BCUT2D eigenvalue weighted by Crippen LogP contribution is 2.40. The molecule has 1 aliphatic rings. The number of carbonyl (C=O) groups excluding carboxylic acids is 1. The van der Waals surface area contributed by atoms with Crippen LogP contribution in [0, 0.1) is 17.7 Å². The Kier molecular flexibility index (Phi) is 5.46. The van der Waals surface area contributed by atoms with E-state index in [2.05, 4.69) is 21.6 Å². The van der Waals surface area contributed by atoms with Gasteiger partial charge in [0.25, 0.3) is 5.91 Å². The quantitative estimate of drug-likeness (QED) is 0.628. The Morgan fingerprint density at radius 2 is 1.86 bits per heavy atom. The topological polar surface area (TPSA) is 67.9 Å². The largest absolute Gasteiger partial charge is 0.435 e. The predicted octanol–water partition coefficient (Wildman–Crippen LogP) is 2.78. The Labute approximate surface area is 163 Å². The van der Waals surface area contributed by atoms with Gasteiger partial charge in [0.2, 0.25) is 0 Å². The van der Waals surface area contributed by atoms with Gasteiger partial charge in [-0.1, -0.05) is 30.0 Å². The Hall–Kier alpha value is -3.54. The van der Waals surface area contributed by atoms with Crippen LogP contribution in [0.3, 0.4) is 0 Å². The second-order valence-corrected chi connectivity index (χ2v) is 6.08. The van der Waals surface area contributed by atoms with Crippen LogP contribution in [0.2, 0.25) is 0 Å². The predicted molar refractivity (Wildman–Crippen MR) is 97.5 cm³/mol. The number of nitrogens with two attached hydrogens (primary N) is 1. The summed E-state index contributed by atoms with van der Waals surface area (Å²) in [7, 11) is 1.42. The summed E-state index contributed by atoms with van der Waals surface area (Å²) in [5, 5.41) is 0. The summed E-state index contributed by atoms with van der Waals surface area (Å²) in [5.74, 6) is 3.07. The van der Waals surface area contributed by atoms with E-state index in [0.29, 0.717) is 5.56 Å². The normalized spacial score (nSPS) is 18.5. The first-order valence-electron chi connectivity index (χ1n) is 8.33. The lowest BCUT2D eigenvalue weighted by molar-refractivity contribution is -0.129. The fourth-order valence-electron chi connectivity index (χ4n) is 3.04. The zero-order valence-corrected chi connectivity index (χ0v) is 15.1. The molecular weight excluding hydrogens is 390 g/mol. The number of hydrogen-bond donors (Lipinski definition) is 1. The monoisotopic (exact) mass is 405 g/mol.